The number of nitrogens with one attached hydrogen (secondary N) is 1. The number of thioether (sulfide) groups is 1. The van der Waals surface area contributed by atoms with E-state index in [4.69, 9.17) is 0 Å². The van der Waals surface area contributed by atoms with Crippen LogP contribution >= 0.6 is 24.2 Å². The molecule has 0 saturated carbocycles. The van der Waals surface area contributed by atoms with Crippen LogP contribution < -0.4 is 5.56 Å². The molecule has 3 heterocycles. The molecule has 5 rings (SSSR count). The van der Waals surface area contributed by atoms with Gasteiger partial charge in [0.1, 0.15) is 12.4 Å². The third-order valence-corrected chi connectivity index (χ3v) is 9.76. The van der Waals surface area contributed by atoms with E-state index in [0.717, 1.165) is 41.9 Å². The second-order valence-electron chi connectivity index (χ2n) is 12.0. The molecule has 1 N–H and O–H groups in total. The quantitative estimate of drug-likeness (QED) is 0.0674. The van der Waals surface area contributed by atoms with Crippen LogP contribution in [0.3, 0.4) is 0 Å². The van der Waals surface area contributed by atoms with E-state index in [1.807, 2.05) is 13.0 Å². The number of benzene rings is 2. The van der Waals surface area contributed by atoms with Gasteiger partial charge < -0.3 is 14.4 Å². The number of rotatable bonds is 15. The Morgan fingerprint density at radius 1 is 0.962 bits per heavy atom. The number of aromatic amines is 1. The van der Waals surface area contributed by atoms with E-state index in [2.05, 4.69) is 38.9 Å². The molecule has 1 amide bonds. The molecule has 52 heavy (non-hydrogen) atoms. The number of H-pyrrole nitrogens is 1. The summed E-state index contributed by atoms with van der Waals surface area (Å²) >= 11 is 1.28. The van der Waals surface area contributed by atoms with E-state index < -0.39 is 17.3 Å². The molecular formula is C37H40ClF4N7O2S. The number of likely N-dealkylation sites (N-methyl/N-ethyl adjacent to an activating group) is 1. The maximum Gasteiger partial charge on any atom is 0.416 e. The Morgan fingerprint density at radius 3 is 2.25 bits per heavy atom. The lowest BCUT2D eigenvalue weighted by Gasteiger charge is -2.27. The fraction of sp³-hybridized carbons (Fsp3) is 0.324. The second-order valence-corrected chi connectivity index (χ2v) is 13.0. The number of hydrogen-bond donors (Lipinski definition) is 1. The summed E-state index contributed by atoms with van der Waals surface area (Å²) in [7, 11) is 0. The molecule has 0 radical (unpaired) electrons. The van der Waals surface area contributed by atoms with Gasteiger partial charge in [0.2, 0.25) is 5.91 Å². The van der Waals surface area contributed by atoms with Gasteiger partial charge in [0, 0.05) is 61.0 Å². The lowest BCUT2D eigenvalue weighted by molar-refractivity contribution is -0.137. The molecule has 0 aliphatic rings. The molecule has 9 nitrogen and oxygen atoms in total. The van der Waals surface area contributed by atoms with Crippen molar-refractivity contribution >= 4 is 30.1 Å². The first-order chi connectivity index (χ1) is 24.4. The Balaban J connectivity index is 0.00000605. The smallest absolute Gasteiger partial charge is 0.335 e. The van der Waals surface area contributed by atoms with Gasteiger partial charge in [-0.15, -0.1) is 12.4 Å². The summed E-state index contributed by atoms with van der Waals surface area (Å²) in [6, 6.07) is 14.4. The highest BCUT2D eigenvalue weighted by Crippen LogP contribution is 2.31. The first-order valence-electron chi connectivity index (χ1n) is 16.5. The number of aromatic nitrogens is 5. The molecule has 0 spiro atoms. The summed E-state index contributed by atoms with van der Waals surface area (Å²) in [6.07, 6.45) is 2.23. The summed E-state index contributed by atoms with van der Waals surface area (Å²) in [6.45, 7) is 8.80. The number of alkyl halides is 3. The maximum atomic E-state index is 14.2. The van der Waals surface area contributed by atoms with Crippen LogP contribution in [-0.2, 0) is 29.8 Å². The minimum atomic E-state index is -4.43. The van der Waals surface area contributed by atoms with Crippen LogP contribution in [0.25, 0.3) is 11.3 Å². The molecule has 1 unspecified atom stereocenters. The standard InChI is InChI=1S/C37H39F4N7O2S.ClH/c1-4-46(5-2)16-17-47(21-27-8-15-33(42-18-27)28-9-11-30(12-10-28)37(39,40)41)34(49)23-48-22-32(25(3)29-19-43-44-20-29)35(50)45-36(48)51-24-26-6-13-31(38)14-7-26;/h6-15,18-20,22,25H,4-5,16-17,21,23-24H2,1-3H3,(H,43,44);1H. The predicted octanol–water partition coefficient (Wildman–Crippen LogP) is 7.42. The highest BCUT2D eigenvalue weighted by molar-refractivity contribution is 7.98. The summed E-state index contributed by atoms with van der Waals surface area (Å²) in [5.74, 6) is -0.490. The highest BCUT2D eigenvalue weighted by atomic mass is 35.5. The third kappa shape index (κ3) is 10.5. The van der Waals surface area contributed by atoms with Gasteiger partial charge in [-0.3, -0.25) is 19.7 Å². The molecule has 276 valence electrons. The van der Waals surface area contributed by atoms with Gasteiger partial charge >= 0.3 is 6.18 Å². The summed E-state index contributed by atoms with van der Waals surface area (Å²) in [5.41, 5.74) is 2.69. The van der Waals surface area contributed by atoms with E-state index in [1.54, 1.807) is 52.5 Å². The lowest BCUT2D eigenvalue weighted by atomic mass is 9.98. The van der Waals surface area contributed by atoms with Crippen molar-refractivity contribution in [1.29, 1.82) is 0 Å². The molecule has 1 atom stereocenters. The number of halogens is 5. The fourth-order valence-corrected chi connectivity index (χ4v) is 6.42. The monoisotopic (exact) mass is 757 g/mol. The average Bonchev–Trinajstić information content (AvgIpc) is 3.67. The highest BCUT2D eigenvalue weighted by Gasteiger charge is 2.30. The van der Waals surface area contributed by atoms with E-state index >= 15 is 0 Å². The molecule has 0 aliphatic carbocycles. The number of carbonyl (C=O) groups is 1. The molecular weight excluding hydrogens is 718 g/mol. The maximum absolute atomic E-state index is 14.2. The Bertz CT molecular complexity index is 1940. The molecule has 2 aromatic carbocycles. The molecule has 0 aliphatic heterocycles. The van der Waals surface area contributed by atoms with E-state index in [1.165, 1.54) is 36.0 Å². The first kappa shape index (κ1) is 40.2. The van der Waals surface area contributed by atoms with Gasteiger partial charge in [0.15, 0.2) is 5.16 Å². The van der Waals surface area contributed by atoms with E-state index in [9.17, 15) is 27.2 Å². The van der Waals surface area contributed by atoms with Crippen LogP contribution in [-0.4, -0.2) is 66.6 Å². The summed E-state index contributed by atoms with van der Waals surface area (Å²) < 4.78 is 54.4. The van der Waals surface area contributed by atoms with Crippen LogP contribution in [0.15, 0.2) is 95.4 Å². The molecule has 0 saturated heterocycles. The molecule has 0 bridgehead atoms. The lowest BCUT2D eigenvalue weighted by Crippen LogP contribution is -2.40. The van der Waals surface area contributed by atoms with Crippen molar-refractivity contribution in [2.24, 2.45) is 0 Å². The van der Waals surface area contributed by atoms with Gasteiger partial charge in [-0.05, 0) is 60.1 Å². The zero-order valence-electron chi connectivity index (χ0n) is 28.9. The van der Waals surface area contributed by atoms with E-state index in [0.29, 0.717) is 40.8 Å². The van der Waals surface area contributed by atoms with Gasteiger partial charge in [0.05, 0.1) is 17.5 Å². The normalized spacial score (nSPS) is 12.1. The van der Waals surface area contributed by atoms with Crippen LogP contribution in [0, 0.1) is 5.82 Å². The Hall–Kier alpha value is -4.53. The van der Waals surface area contributed by atoms with Gasteiger partial charge in [0.25, 0.3) is 5.56 Å². The number of pyridine rings is 1. The minimum absolute atomic E-state index is 0. The predicted molar refractivity (Wildman–Crippen MR) is 196 cm³/mol. The number of nitrogens with zero attached hydrogens (tertiary/aromatic N) is 6. The Morgan fingerprint density at radius 2 is 1.65 bits per heavy atom. The topological polar surface area (TPSA) is 100 Å². The zero-order chi connectivity index (χ0) is 36.5. The van der Waals surface area contributed by atoms with Crippen LogP contribution in [0.2, 0.25) is 0 Å². The van der Waals surface area contributed by atoms with Crippen molar-refractivity contribution in [3.63, 3.8) is 0 Å². The molecule has 5 aromatic rings. The Kier molecular flexibility index (Phi) is 14.2. The van der Waals surface area contributed by atoms with Crippen molar-refractivity contribution in [2.45, 2.75) is 56.9 Å². The van der Waals surface area contributed by atoms with Crippen molar-refractivity contribution in [1.82, 2.24) is 34.5 Å². The van der Waals surface area contributed by atoms with Crippen molar-refractivity contribution in [3.8, 4) is 11.3 Å². The summed E-state index contributed by atoms with van der Waals surface area (Å²) in [4.78, 5) is 40.3. The van der Waals surface area contributed by atoms with Crippen molar-refractivity contribution in [3.05, 3.63) is 129 Å². The third-order valence-electron chi connectivity index (χ3n) is 8.70. The molecule has 3 aromatic heterocycles. The number of carbonyl (C=O) groups excluding carboxylic acids is 1. The van der Waals surface area contributed by atoms with Crippen LogP contribution in [0.5, 0.6) is 0 Å². The number of hydrogen-bond acceptors (Lipinski definition) is 7. The second kappa shape index (κ2) is 18.3. The molecule has 15 heteroatoms. The fourth-order valence-electron chi connectivity index (χ4n) is 5.50. The Labute approximate surface area is 309 Å². The van der Waals surface area contributed by atoms with E-state index in [-0.39, 0.29) is 43.1 Å². The largest absolute Gasteiger partial charge is 0.416 e. The van der Waals surface area contributed by atoms with Gasteiger partial charge in [-0.25, -0.2) is 4.39 Å². The zero-order valence-corrected chi connectivity index (χ0v) is 30.6. The molecule has 0 fully saturated rings. The number of amides is 1. The van der Waals surface area contributed by atoms with Crippen molar-refractivity contribution < 1.29 is 22.4 Å². The van der Waals surface area contributed by atoms with Gasteiger partial charge in [-0.2, -0.15) is 23.3 Å². The van der Waals surface area contributed by atoms with Crippen LogP contribution in [0.4, 0.5) is 17.6 Å². The first-order valence-corrected chi connectivity index (χ1v) is 17.5. The minimum Gasteiger partial charge on any atom is -0.335 e. The van der Waals surface area contributed by atoms with Gasteiger partial charge in [-0.1, -0.05) is 62.9 Å². The van der Waals surface area contributed by atoms with Crippen molar-refractivity contribution in [2.75, 3.05) is 26.2 Å². The SMILES string of the molecule is CCN(CC)CCN(Cc1ccc(-c2ccc(C(F)(F)F)cc2)nc1)C(=O)Cn1cc(C(C)c2cn[nH]c2)c(=O)nc1SCc1ccc(F)cc1.Cl. The average molecular weight is 758 g/mol. The summed E-state index contributed by atoms with van der Waals surface area (Å²) in [5, 5.41) is 7.13. The van der Waals surface area contributed by atoms with Crippen LogP contribution in [0.1, 0.15) is 54.5 Å².